The fraction of sp³-hybridized carbons (Fsp3) is 0.0952. The van der Waals surface area contributed by atoms with Gasteiger partial charge in [-0.2, -0.15) is 0 Å². The number of benzene rings is 2. The summed E-state index contributed by atoms with van der Waals surface area (Å²) < 4.78 is 4.68. The number of carbonyl (C=O) groups is 2. The molecule has 0 aliphatic rings. The standard InChI is InChI=1S/C21H19N3O3/c1-14-5-3-7-17(11-14)23-19-10-9-16(13-22-19)20(25)24-18-8-4-6-15(12-18)21(26)27-2/h3-13H,1-2H3,(H,22,23)(H,24,25). The maximum absolute atomic E-state index is 12.4. The van der Waals surface area contributed by atoms with Gasteiger partial charge in [-0.1, -0.05) is 18.2 Å². The van der Waals surface area contributed by atoms with Crippen LogP contribution in [0.4, 0.5) is 17.2 Å². The van der Waals surface area contributed by atoms with Gasteiger partial charge < -0.3 is 15.4 Å². The lowest BCUT2D eigenvalue weighted by atomic mass is 10.2. The maximum atomic E-state index is 12.4. The molecular weight excluding hydrogens is 342 g/mol. The van der Waals surface area contributed by atoms with Gasteiger partial charge in [-0.15, -0.1) is 0 Å². The van der Waals surface area contributed by atoms with Gasteiger partial charge in [-0.05, 0) is 55.0 Å². The van der Waals surface area contributed by atoms with Crippen LogP contribution >= 0.6 is 0 Å². The van der Waals surface area contributed by atoms with E-state index in [0.717, 1.165) is 11.3 Å². The summed E-state index contributed by atoms with van der Waals surface area (Å²) in [6.07, 6.45) is 1.50. The summed E-state index contributed by atoms with van der Waals surface area (Å²) >= 11 is 0. The van der Waals surface area contributed by atoms with Crippen LogP contribution in [0, 0.1) is 6.92 Å². The van der Waals surface area contributed by atoms with Crippen molar-refractivity contribution in [2.24, 2.45) is 0 Å². The largest absolute Gasteiger partial charge is 0.465 e. The Morgan fingerprint density at radius 3 is 2.41 bits per heavy atom. The van der Waals surface area contributed by atoms with E-state index in [-0.39, 0.29) is 5.91 Å². The number of methoxy groups -OCH3 is 1. The molecule has 0 unspecified atom stereocenters. The lowest BCUT2D eigenvalue weighted by Gasteiger charge is -2.09. The van der Waals surface area contributed by atoms with E-state index in [1.165, 1.54) is 13.3 Å². The molecule has 6 heteroatoms. The molecule has 0 saturated carbocycles. The molecule has 0 radical (unpaired) electrons. The van der Waals surface area contributed by atoms with E-state index in [1.54, 1.807) is 36.4 Å². The second kappa shape index (κ2) is 8.14. The van der Waals surface area contributed by atoms with Gasteiger partial charge in [0.05, 0.1) is 18.2 Å². The molecule has 0 aliphatic carbocycles. The Balaban J connectivity index is 1.68. The molecule has 0 fully saturated rings. The summed E-state index contributed by atoms with van der Waals surface area (Å²) in [4.78, 5) is 28.2. The highest BCUT2D eigenvalue weighted by molar-refractivity contribution is 6.04. The van der Waals surface area contributed by atoms with Crippen LogP contribution in [0.3, 0.4) is 0 Å². The Hall–Kier alpha value is -3.67. The molecule has 3 aromatic rings. The van der Waals surface area contributed by atoms with Crippen molar-refractivity contribution >= 4 is 29.1 Å². The third kappa shape index (κ3) is 4.70. The van der Waals surface area contributed by atoms with Gasteiger partial charge in [0.15, 0.2) is 0 Å². The maximum Gasteiger partial charge on any atom is 0.337 e. The number of nitrogens with one attached hydrogen (secondary N) is 2. The molecule has 1 aromatic heterocycles. The van der Waals surface area contributed by atoms with Crippen LogP contribution in [0.15, 0.2) is 66.9 Å². The molecule has 2 aromatic carbocycles. The average molecular weight is 361 g/mol. The van der Waals surface area contributed by atoms with E-state index in [0.29, 0.717) is 22.6 Å². The van der Waals surface area contributed by atoms with Gasteiger partial charge in [-0.3, -0.25) is 4.79 Å². The minimum absolute atomic E-state index is 0.313. The molecule has 0 aliphatic heterocycles. The van der Waals surface area contributed by atoms with Gasteiger partial charge >= 0.3 is 5.97 Å². The van der Waals surface area contributed by atoms with Crippen molar-refractivity contribution in [1.29, 1.82) is 0 Å². The molecule has 1 amide bonds. The highest BCUT2D eigenvalue weighted by Crippen LogP contribution is 2.17. The van der Waals surface area contributed by atoms with E-state index >= 15 is 0 Å². The number of ether oxygens (including phenoxy) is 1. The average Bonchev–Trinajstić information content (AvgIpc) is 2.68. The zero-order chi connectivity index (χ0) is 19.2. The lowest BCUT2D eigenvalue weighted by Crippen LogP contribution is -2.13. The minimum atomic E-state index is -0.459. The fourth-order valence-electron chi connectivity index (χ4n) is 2.52. The van der Waals surface area contributed by atoms with Crippen LogP contribution in [0.1, 0.15) is 26.3 Å². The molecule has 136 valence electrons. The minimum Gasteiger partial charge on any atom is -0.465 e. The number of hydrogen-bond acceptors (Lipinski definition) is 5. The Morgan fingerprint density at radius 1 is 0.926 bits per heavy atom. The highest BCUT2D eigenvalue weighted by atomic mass is 16.5. The first kappa shape index (κ1) is 18.1. The highest BCUT2D eigenvalue weighted by Gasteiger charge is 2.10. The van der Waals surface area contributed by atoms with Gasteiger partial charge in [0.25, 0.3) is 5.91 Å². The molecule has 0 atom stereocenters. The first-order chi connectivity index (χ1) is 13.0. The Morgan fingerprint density at radius 2 is 1.70 bits per heavy atom. The molecule has 0 spiro atoms. The summed E-state index contributed by atoms with van der Waals surface area (Å²) in [5, 5.41) is 5.94. The third-order valence-corrected chi connectivity index (χ3v) is 3.86. The monoisotopic (exact) mass is 361 g/mol. The number of amides is 1. The summed E-state index contributed by atoms with van der Waals surface area (Å²) in [6.45, 7) is 2.02. The molecule has 27 heavy (non-hydrogen) atoms. The molecule has 1 heterocycles. The van der Waals surface area contributed by atoms with Crippen LogP contribution in [-0.4, -0.2) is 24.0 Å². The van der Waals surface area contributed by atoms with Crippen molar-refractivity contribution in [3.8, 4) is 0 Å². The van der Waals surface area contributed by atoms with Crippen molar-refractivity contribution in [2.75, 3.05) is 17.7 Å². The molecule has 0 bridgehead atoms. The van der Waals surface area contributed by atoms with Crippen LogP contribution in [0.2, 0.25) is 0 Å². The third-order valence-electron chi connectivity index (χ3n) is 3.86. The molecular formula is C21H19N3O3. The molecule has 2 N–H and O–H groups in total. The Bertz CT molecular complexity index is 968. The first-order valence-corrected chi connectivity index (χ1v) is 8.34. The second-order valence-corrected chi connectivity index (χ2v) is 5.95. The van der Waals surface area contributed by atoms with Crippen molar-refractivity contribution in [1.82, 2.24) is 4.98 Å². The normalized spacial score (nSPS) is 10.1. The fourth-order valence-corrected chi connectivity index (χ4v) is 2.52. The number of anilines is 3. The topological polar surface area (TPSA) is 80.3 Å². The van der Waals surface area contributed by atoms with E-state index in [2.05, 4.69) is 20.4 Å². The number of rotatable bonds is 5. The number of hydrogen-bond donors (Lipinski definition) is 2. The van der Waals surface area contributed by atoms with E-state index in [1.807, 2.05) is 31.2 Å². The Labute approximate surface area is 157 Å². The van der Waals surface area contributed by atoms with Crippen LogP contribution in [0.25, 0.3) is 0 Å². The predicted octanol–water partition coefficient (Wildman–Crippen LogP) is 4.17. The van der Waals surface area contributed by atoms with Gasteiger partial charge in [0, 0.05) is 17.6 Å². The van der Waals surface area contributed by atoms with Crippen molar-refractivity contribution in [3.05, 3.63) is 83.6 Å². The quantitative estimate of drug-likeness (QED) is 0.667. The number of aromatic nitrogens is 1. The van der Waals surface area contributed by atoms with Gasteiger partial charge in [-0.25, -0.2) is 9.78 Å². The first-order valence-electron chi connectivity index (χ1n) is 8.34. The molecule has 6 nitrogen and oxygen atoms in total. The number of nitrogens with zero attached hydrogens (tertiary/aromatic N) is 1. The number of carbonyl (C=O) groups excluding carboxylic acids is 2. The van der Waals surface area contributed by atoms with Crippen LogP contribution in [0.5, 0.6) is 0 Å². The number of esters is 1. The summed E-state index contributed by atoms with van der Waals surface area (Å²) in [6, 6.07) is 17.9. The van der Waals surface area contributed by atoms with E-state index in [9.17, 15) is 9.59 Å². The van der Waals surface area contributed by atoms with Crippen LogP contribution in [-0.2, 0) is 4.74 Å². The number of pyridine rings is 1. The second-order valence-electron chi connectivity index (χ2n) is 5.95. The lowest BCUT2D eigenvalue weighted by molar-refractivity contribution is 0.0600. The molecule has 0 saturated heterocycles. The van der Waals surface area contributed by atoms with Gasteiger partial charge in [0.1, 0.15) is 5.82 Å². The van der Waals surface area contributed by atoms with Crippen molar-refractivity contribution < 1.29 is 14.3 Å². The van der Waals surface area contributed by atoms with Crippen molar-refractivity contribution in [3.63, 3.8) is 0 Å². The van der Waals surface area contributed by atoms with Gasteiger partial charge in [0.2, 0.25) is 0 Å². The molecule has 3 rings (SSSR count). The van der Waals surface area contributed by atoms with Crippen molar-refractivity contribution in [2.45, 2.75) is 6.92 Å². The van der Waals surface area contributed by atoms with E-state index < -0.39 is 5.97 Å². The SMILES string of the molecule is COC(=O)c1cccc(NC(=O)c2ccc(Nc3cccc(C)c3)nc2)c1. The number of aryl methyl sites for hydroxylation is 1. The smallest absolute Gasteiger partial charge is 0.337 e. The summed E-state index contributed by atoms with van der Waals surface area (Å²) in [5.74, 6) is -0.129. The van der Waals surface area contributed by atoms with Crippen LogP contribution < -0.4 is 10.6 Å². The predicted molar refractivity (Wildman–Crippen MR) is 104 cm³/mol. The summed E-state index contributed by atoms with van der Waals surface area (Å²) in [5.41, 5.74) is 3.36. The summed E-state index contributed by atoms with van der Waals surface area (Å²) in [7, 11) is 1.31. The Kier molecular flexibility index (Phi) is 5.47. The van der Waals surface area contributed by atoms with E-state index in [4.69, 9.17) is 0 Å². The zero-order valence-corrected chi connectivity index (χ0v) is 15.0. The zero-order valence-electron chi connectivity index (χ0n) is 15.0.